The fourth-order valence-electron chi connectivity index (χ4n) is 2.45. The van der Waals surface area contributed by atoms with E-state index in [9.17, 15) is 10.1 Å². The van der Waals surface area contributed by atoms with Gasteiger partial charge in [0.05, 0.1) is 11.5 Å². The molecule has 134 valence electrons. The highest BCUT2D eigenvalue weighted by Crippen LogP contribution is 2.23. The van der Waals surface area contributed by atoms with Gasteiger partial charge in [-0.25, -0.2) is 0 Å². The predicted octanol–water partition coefficient (Wildman–Crippen LogP) is 4.82. The smallest absolute Gasteiger partial charge is 0.269 e. The number of benzene rings is 2. The van der Waals surface area contributed by atoms with Gasteiger partial charge in [-0.3, -0.25) is 10.1 Å². The Morgan fingerprint density at radius 2 is 1.69 bits per heavy atom. The number of hydrogen-bond donors (Lipinski definition) is 2. The summed E-state index contributed by atoms with van der Waals surface area (Å²) in [6.07, 6.45) is 0. The van der Waals surface area contributed by atoms with Gasteiger partial charge in [0, 0.05) is 40.9 Å². The van der Waals surface area contributed by atoms with Gasteiger partial charge in [-0.2, -0.15) is 0 Å². The first-order chi connectivity index (χ1) is 12.6. The van der Waals surface area contributed by atoms with E-state index in [4.69, 9.17) is 4.42 Å². The van der Waals surface area contributed by atoms with Gasteiger partial charge in [-0.15, -0.1) is 0 Å². The Kier molecular flexibility index (Phi) is 6.04. The molecule has 7 heteroatoms. The van der Waals surface area contributed by atoms with Crippen molar-refractivity contribution in [3.8, 4) is 11.3 Å². The first-order valence-electron chi connectivity index (χ1n) is 8.15. The molecule has 3 rings (SSSR count). The molecular formula is C19H18BrN3O3. The number of rotatable bonds is 8. The Labute approximate surface area is 159 Å². The molecule has 1 heterocycles. The lowest BCUT2D eigenvalue weighted by Crippen LogP contribution is -2.21. The highest BCUT2D eigenvalue weighted by molar-refractivity contribution is 9.10. The van der Waals surface area contributed by atoms with Crippen LogP contribution in [0.15, 0.2) is 69.6 Å². The number of hydrogen-bond acceptors (Lipinski definition) is 5. The van der Waals surface area contributed by atoms with Crippen molar-refractivity contribution in [3.63, 3.8) is 0 Å². The Balaban J connectivity index is 1.41. The van der Waals surface area contributed by atoms with Crippen LogP contribution in [-0.4, -0.2) is 18.0 Å². The third-order valence-electron chi connectivity index (χ3n) is 3.80. The lowest BCUT2D eigenvalue weighted by molar-refractivity contribution is -0.384. The van der Waals surface area contributed by atoms with Crippen molar-refractivity contribution in [2.45, 2.75) is 6.54 Å². The Morgan fingerprint density at radius 3 is 2.38 bits per heavy atom. The molecule has 1 aromatic heterocycles. The molecular weight excluding hydrogens is 398 g/mol. The molecule has 0 spiro atoms. The molecule has 0 saturated carbocycles. The standard InChI is InChI=1S/C19H18BrN3O3/c20-15-3-1-14(2-4-15)19-10-9-18(26-19)13-21-11-12-22-16-5-7-17(8-6-16)23(24)25/h1-10,21-22H,11-13H2. The number of halogens is 1. The Hall–Kier alpha value is -2.64. The molecule has 0 bridgehead atoms. The van der Waals surface area contributed by atoms with Crippen LogP contribution in [0.5, 0.6) is 0 Å². The number of anilines is 1. The van der Waals surface area contributed by atoms with Crippen molar-refractivity contribution < 1.29 is 9.34 Å². The van der Waals surface area contributed by atoms with E-state index in [0.717, 1.165) is 33.8 Å². The zero-order chi connectivity index (χ0) is 18.4. The van der Waals surface area contributed by atoms with Gasteiger partial charge in [-0.1, -0.05) is 28.1 Å². The largest absolute Gasteiger partial charge is 0.460 e. The number of nitrogens with zero attached hydrogens (tertiary/aromatic N) is 1. The third-order valence-corrected chi connectivity index (χ3v) is 4.33. The minimum Gasteiger partial charge on any atom is -0.460 e. The van der Waals surface area contributed by atoms with Crippen LogP contribution >= 0.6 is 15.9 Å². The molecule has 0 fully saturated rings. The quantitative estimate of drug-likeness (QED) is 0.313. The molecule has 0 unspecified atom stereocenters. The molecule has 2 aromatic carbocycles. The van der Waals surface area contributed by atoms with Gasteiger partial charge < -0.3 is 15.1 Å². The molecule has 0 atom stereocenters. The van der Waals surface area contributed by atoms with Crippen molar-refractivity contribution >= 4 is 27.3 Å². The minimum atomic E-state index is -0.406. The van der Waals surface area contributed by atoms with Crippen molar-refractivity contribution in [2.75, 3.05) is 18.4 Å². The summed E-state index contributed by atoms with van der Waals surface area (Å²) in [5.74, 6) is 1.72. The second-order valence-electron chi connectivity index (χ2n) is 5.68. The number of nitro benzene ring substituents is 1. The van der Waals surface area contributed by atoms with E-state index in [2.05, 4.69) is 26.6 Å². The fraction of sp³-hybridized carbons (Fsp3) is 0.158. The van der Waals surface area contributed by atoms with E-state index < -0.39 is 4.92 Å². The van der Waals surface area contributed by atoms with E-state index in [1.165, 1.54) is 12.1 Å². The van der Waals surface area contributed by atoms with E-state index >= 15 is 0 Å². The lowest BCUT2D eigenvalue weighted by atomic mass is 10.2. The Morgan fingerprint density at radius 1 is 0.962 bits per heavy atom. The fourth-order valence-corrected chi connectivity index (χ4v) is 2.71. The maximum absolute atomic E-state index is 10.6. The summed E-state index contributed by atoms with van der Waals surface area (Å²) in [6.45, 7) is 2.09. The van der Waals surface area contributed by atoms with Crippen LogP contribution in [-0.2, 0) is 6.54 Å². The predicted molar refractivity (Wildman–Crippen MR) is 105 cm³/mol. The number of nitro groups is 1. The van der Waals surface area contributed by atoms with Gasteiger partial charge in [0.15, 0.2) is 0 Å². The monoisotopic (exact) mass is 415 g/mol. The van der Waals surface area contributed by atoms with Crippen LogP contribution in [0.1, 0.15) is 5.76 Å². The van der Waals surface area contributed by atoms with Crippen LogP contribution in [0.25, 0.3) is 11.3 Å². The molecule has 0 saturated heterocycles. The zero-order valence-corrected chi connectivity index (χ0v) is 15.5. The van der Waals surface area contributed by atoms with E-state index in [1.807, 2.05) is 36.4 Å². The topological polar surface area (TPSA) is 80.3 Å². The van der Waals surface area contributed by atoms with Gasteiger partial charge in [0.2, 0.25) is 0 Å². The molecule has 0 radical (unpaired) electrons. The van der Waals surface area contributed by atoms with E-state index in [-0.39, 0.29) is 5.69 Å². The van der Waals surface area contributed by atoms with Crippen LogP contribution < -0.4 is 10.6 Å². The van der Waals surface area contributed by atoms with Gasteiger partial charge in [0.1, 0.15) is 11.5 Å². The normalized spacial score (nSPS) is 10.7. The average molecular weight is 416 g/mol. The molecule has 6 nitrogen and oxygen atoms in total. The molecule has 26 heavy (non-hydrogen) atoms. The number of furan rings is 1. The highest BCUT2D eigenvalue weighted by Gasteiger charge is 2.05. The summed E-state index contributed by atoms with van der Waals surface area (Å²) in [7, 11) is 0. The summed E-state index contributed by atoms with van der Waals surface area (Å²) in [6, 6.07) is 18.3. The van der Waals surface area contributed by atoms with Crippen LogP contribution in [0, 0.1) is 10.1 Å². The van der Waals surface area contributed by atoms with Crippen molar-refractivity contribution in [2.24, 2.45) is 0 Å². The summed E-state index contributed by atoms with van der Waals surface area (Å²) in [4.78, 5) is 10.2. The summed E-state index contributed by atoms with van der Waals surface area (Å²) in [5.41, 5.74) is 1.99. The summed E-state index contributed by atoms with van der Waals surface area (Å²) in [5, 5.41) is 17.1. The molecule has 2 N–H and O–H groups in total. The van der Waals surface area contributed by atoms with Crippen LogP contribution in [0.4, 0.5) is 11.4 Å². The lowest BCUT2D eigenvalue weighted by Gasteiger charge is -2.07. The minimum absolute atomic E-state index is 0.0908. The van der Waals surface area contributed by atoms with Gasteiger partial charge in [0.25, 0.3) is 5.69 Å². The molecule has 0 amide bonds. The second-order valence-corrected chi connectivity index (χ2v) is 6.60. The molecule has 0 aliphatic rings. The van der Waals surface area contributed by atoms with Crippen molar-refractivity contribution in [3.05, 3.63) is 81.0 Å². The zero-order valence-electron chi connectivity index (χ0n) is 13.9. The second kappa shape index (κ2) is 8.64. The maximum Gasteiger partial charge on any atom is 0.269 e. The summed E-state index contributed by atoms with van der Waals surface area (Å²) < 4.78 is 6.89. The maximum atomic E-state index is 10.6. The Bertz CT molecular complexity index is 860. The van der Waals surface area contributed by atoms with Crippen molar-refractivity contribution in [1.82, 2.24) is 5.32 Å². The van der Waals surface area contributed by atoms with Crippen molar-refractivity contribution in [1.29, 1.82) is 0 Å². The number of non-ortho nitro benzene ring substituents is 1. The van der Waals surface area contributed by atoms with Crippen LogP contribution in [0.2, 0.25) is 0 Å². The number of nitrogens with one attached hydrogen (secondary N) is 2. The first kappa shape index (κ1) is 18.2. The summed E-state index contributed by atoms with van der Waals surface area (Å²) >= 11 is 3.42. The van der Waals surface area contributed by atoms with E-state index in [0.29, 0.717) is 13.1 Å². The van der Waals surface area contributed by atoms with E-state index in [1.54, 1.807) is 12.1 Å². The van der Waals surface area contributed by atoms with Crippen LogP contribution in [0.3, 0.4) is 0 Å². The highest BCUT2D eigenvalue weighted by atomic mass is 79.9. The molecule has 0 aliphatic heterocycles. The SMILES string of the molecule is O=[N+]([O-])c1ccc(NCCNCc2ccc(-c3ccc(Br)cc3)o2)cc1. The third kappa shape index (κ3) is 4.93. The first-order valence-corrected chi connectivity index (χ1v) is 8.95. The van der Waals surface area contributed by atoms with Gasteiger partial charge in [-0.05, 0) is 36.4 Å². The average Bonchev–Trinajstić information content (AvgIpc) is 3.11. The molecule has 0 aliphatic carbocycles. The molecule has 3 aromatic rings. The van der Waals surface area contributed by atoms with Gasteiger partial charge >= 0.3 is 0 Å².